The molecule has 0 spiro atoms. The van der Waals surface area contributed by atoms with Crippen LogP contribution in [0.1, 0.15) is 68.7 Å². The summed E-state index contributed by atoms with van der Waals surface area (Å²) in [6, 6.07) is 28.4. The van der Waals surface area contributed by atoms with Crippen LogP contribution in [0.15, 0.2) is 97.1 Å². The Labute approximate surface area is 271 Å². The molecule has 9 heteroatoms. The van der Waals surface area contributed by atoms with Gasteiger partial charge < -0.3 is 14.8 Å². The molecule has 1 saturated heterocycles. The molecule has 1 fully saturated rings. The number of anilines is 2. The fourth-order valence-corrected chi connectivity index (χ4v) is 7.18. The molecule has 3 amide bonds. The van der Waals surface area contributed by atoms with E-state index in [1.54, 1.807) is 30.3 Å². The number of para-hydroxylation sites is 1. The van der Waals surface area contributed by atoms with E-state index in [1.165, 1.54) is 18.2 Å². The van der Waals surface area contributed by atoms with Crippen molar-refractivity contribution in [2.45, 2.75) is 25.7 Å². The average molecular weight is 629 g/mol. The van der Waals surface area contributed by atoms with Crippen molar-refractivity contribution in [1.82, 2.24) is 0 Å². The summed E-state index contributed by atoms with van der Waals surface area (Å²) in [5.74, 6) is -4.16. The predicted octanol–water partition coefficient (Wildman–Crippen LogP) is 5.69. The van der Waals surface area contributed by atoms with Gasteiger partial charge in [-0.15, -0.1) is 0 Å². The first-order valence-electron chi connectivity index (χ1n) is 15.6. The van der Waals surface area contributed by atoms with Gasteiger partial charge in [-0.2, -0.15) is 0 Å². The first kappa shape index (κ1) is 30.1. The quantitative estimate of drug-likeness (QED) is 0.197. The zero-order valence-corrected chi connectivity index (χ0v) is 25.8. The molecule has 1 heterocycles. The van der Waals surface area contributed by atoms with Crippen LogP contribution >= 0.6 is 0 Å². The summed E-state index contributed by atoms with van der Waals surface area (Å²) < 4.78 is 10.6. The molecule has 0 radical (unpaired) electrons. The molecular formula is C38H32N2O7. The van der Waals surface area contributed by atoms with Crippen molar-refractivity contribution >= 4 is 41.0 Å². The molecule has 2 atom stereocenters. The van der Waals surface area contributed by atoms with Gasteiger partial charge in [-0.3, -0.25) is 14.4 Å². The van der Waals surface area contributed by atoms with Gasteiger partial charge in [0.1, 0.15) is 0 Å². The largest absolute Gasteiger partial charge is 0.462 e. The highest BCUT2D eigenvalue weighted by atomic mass is 16.5. The number of hydrogen-bond donors (Lipinski definition) is 1. The van der Waals surface area contributed by atoms with Crippen LogP contribution in [0.2, 0.25) is 0 Å². The number of esters is 2. The molecule has 3 aliphatic carbocycles. The minimum atomic E-state index is -0.844. The van der Waals surface area contributed by atoms with E-state index in [0.717, 1.165) is 27.2 Å². The Morgan fingerprint density at radius 1 is 0.681 bits per heavy atom. The van der Waals surface area contributed by atoms with Gasteiger partial charge in [0.05, 0.1) is 35.3 Å². The molecule has 0 saturated carbocycles. The molecule has 0 unspecified atom stereocenters. The highest BCUT2D eigenvalue weighted by Gasteiger charge is 2.62. The van der Waals surface area contributed by atoms with E-state index in [1.807, 2.05) is 62.4 Å². The smallest absolute Gasteiger partial charge is 0.340 e. The average Bonchev–Trinajstić information content (AvgIpc) is 3.36. The Morgan fingerprint density at radius 2 is 1.19 bits per heavy atom. The third kappa shape index (κ3) is 5.17. The minimum absolute atomic E-state index is 0.00675. The second-order valence-electron chi connectivity index (χ2n) is 12.5. The number of hydrogen-bond acceptors (Lipinski definition) is 7. The van der Waals surface area contributed by atoms with Crippen molar-refractivity contribution in [3.63, 3.8) is 0 Å². The Balaban J connectivity index is 1.07. The lowest BCUT2D eigenvalue weighted by molar-refractivity contribution is -0.122. The van der Waals surface area contributed by atoms with Gasteiger partial charge in [0, 0.05) is 17.5 Å². The SMILES string of the molecule is CC(C)COC(=O)c1ccc(NC(=O)COC(=O)c2ccccc2N2C(=O)[C@@H]3C4c5ccccc5C(c5ccccc54)[C@H]3C2=O)cc1. The number of rotatable bonds is 8. The van der Waals surface area contributed by atoms with E-state index in [2.05, 4.69) is 5.32 Å². The van der Waals surface area contributed by atoms with E-state index < -0.39 is 36.3 Å². The Bertz CT molecular complexity index is 1820. The molecule has 8 rings (SSSR count). The lowest BCUT2D eigenvalue weighted by Crippen LogP contribution is -2.41. The number of nitrogens with one attached hydrogen (secondary N) is 1. The van der Waals surface area contributed by atoms with E-state index in [-0.39, 0.29) is 40.8 Å². The third-order valence-electron chi connectivity index (χ3n) is 9.10. The number of amides is 3. The predicted molar refractivity (Wildman–Crippen MR) is 173 cm³/mol. The van der Waals surface area contributed by atoms with Crippen LogP contribution in [-0.2, 0) is 23.9 Å². The zero-order valence-electron chi connectivity index (χ0n) is 25.8. The van der Waals surface area contributed by atoms with Gasteiger partial charge in [0.2, 0.25) is 11.8 Å². The van der Waals surface area contributed by atoms with Crippen molar-refractivity contribution in [2.75, 3.05) is 23.4 Å². The summed E-state index contributed by atoms with van der Waals surface area (Å²) >= 11 is 0. The summed E-state index contributed by atoms with van der Waals surface area (Å²) in [6.07, 6.45) is 0. The van der Waals surface area contributed by atoms with Crippen LogP contribution in [0.3, 0.4) is 0 Å². The van der Waals surface area contributed by atoms with Crippen molar-refractivity contribution in [3.8, 4) is 0 Å². The number of nitrogens with zero attached hydrogens (tertiary/aromatic N) is 1. The van der Waals surface area contributed by atoms with Gasteiger partial charge in [-0.25, -0.2) is 14.5 Å². The number of imide groups is 1. The topological polar surface area (TPSA) is 119 Å². The van der Waals surface area contributed by atoms with Gasteiger partial charge in [-0.1, -0.05) is 74.5 Å². The summed E-state index contributed by atoms with van der Waals surface area (Å²) in [5, 5.41) is 2.63. The van der Waals surface area contributed by atoms with Crippen molar-refractivity contribution in [3.05, 3.63) is 130 Å². The number of benzene rings is 4. The molecule has 4 aromatic carbocycles. The molecule has 47 heavy (non-hydrogen) atoms. The van der Waals surface area contributed by atoms with E-state index in [0.29, 0.717) is 17.9 Å². The number of carbonyl (C=O) groups excluding carboxylic acids is 5. The summed E-state index contributed by atoms with van der Waals surface area (Å²) in [7, 11) is 0. The Kier molecular flexibility index (Phi) is 7.67. The molecule has 1 N–H and O–H groups in total. The Morgan fingerprint density at radius 3 is 1.72 bits per heavy atom. The van der Waals surface area contributed by atoms with Crippen molar-refractivity contribution in [2.24, 2.45) is 17.8 Å². The monoisotopic (exact) mass is 628 g/mol. The number of carbonyl (C=O) groups is 5. The van der Waals surface area contributed by atoms with Gasteiger partial charge >= 0.3 is 11.9 Å². The molecule has 9 nitrogen and oxygen atoms in total. The molecule has 236 valence electrons. The maximum absolute atomic E-state index is 14.2. The van der Waals surface area contributed by atoms with Crippen LogP contribution in [0, 0.1) is 17.8 Å². The molecular weight excluding hydrogens is 596 g/mol. The normalized spacial score (nSPS) is 20.4. The maximum Gasteiger partial charge on any atom is 0.340 e. The first-order chi connectivity index (χ1) is 22.7. The van der Waals surface area contributed by atoms with E-state index >= 15 is 0 Å². The molecule has 4 aromatic rings. The lowest BCUT2D eigenvalue weighted by Gasteiger charge is -2.45. The van der Waals surface area contributed by atoms with Gasteiger partial charge in [0.15, 0.2) is 6.61 Å². The Hall–Kier alpha value is -5.57. The van der Waals surface area contributed by atoms with Gasteiger partial charge in [0.25, 0.3) is 5.91 Å². The van der Waals surface area contributed by atoms with E-state index in [4.69, 9.17) is 9.47 Å². The summed E-state index contributed by atoms with van der Waals surface area (Å²) in [5.41, 5.74) is 5.11. The highest BCUT2D eigenvalue weighted by Crippen LogP contribution is 2.61. The highest BCUT2D eigenvalue weighted by molar-refractivity contribution is 6.25. The fraction of sp³-hybridized carbons (Fsp3) is 0.237. The zero-order chi connectivity index (χ0) is 32.8. The second-order valence-corrected chi connectivity index (χ2v) is 12.5. The lowest BCUT2D eigenvalue weighted by atomic mass is 9.55. The first-order valence-corrected chi connectivity index (χ1v) is 15.6. The standard InChI is InChI=1S/C38H32N2O7/c1-21(2)19-46-37(44)22-15-17-23(18-16-22)39-30(41)20-47-38(45)28-13-7-8-14-29(28)40-35(42)33-31-24-9-3-4-10-25(24)32(34(33)36(40)43)27-12-6-5-11-26(27)31/h3-18,21,31-34H,19-20H2,1-2H3,(H,39,41)/t31?,32?,33-,34-/m1/s1. The molecule has 0 aromatic heterocycles. The van der Waals surface area contributed by atoms with E-state index in [9.17, 15) is 24.0 Å². The minimum Gasteiger partial charge on any atom is -0.462 e. The molecule has 4 aliphatic rings. The number of ether oxygens (including phenoxy) is 2. The third-order valence-corrected chi connectivity index (χ3v) is 9.10. The van der Waals surface area contributed by atoms with Crippen LogP contribution in [0.25, 0.3) is 0 Å². The summed E-state index contributed by atoms with van der Waals surface area (Å²) in [4.78, 5) is 67.7. The van der Waals surface area contributed by atoms with Gasteiger partial charge in [-0.05, 0) is 64.6 Å². The molecule has 2 bridgehead atoms. The molecule has 1 aliphatic heterocycles. The fourth-order valence-electron chi connectivity index (χ4n) is 7.18. The van der Waals surface area contributed by atoms with Crippen molar-refractivity contribution in [1.29, 1.82) is 0 Å². The van der Waals surface area contributed by atoms with Crippen LogP contribution < -0.4 is 10.2 Å². The summed E-state index contributed by atoms with van der Waals surface area (Å²) in [6.45, 7) is 3.58. The van der Waals surface area contributed by atoms with Crippen LogP contribution in [-0.4, -0.2) is 42.9 Å². The maximum atomic E-state index is 14.2. The van der Waals surface area contributed by atoms with Crippen LogP contribution in [0.4, 0.5) is 11.4 Å². The van der Waals surface area contributed by atoms with Crippen molar-refractivity contribution < 1.29 is 33.4 Å². The van der Waals surface area contributed by atoms with Crippen LogP contribution in [0.5, 0.6) is 0 Å². The second kappa shape index (κ2) is 12.0.